The number of carbonyl (C=O) groups excluding carboxylic acids is 1. The van der Waals surface area contributed by atoms with Gasteiger partial charge in [-0.2, -0.15) is 0 Å². The minimum absolute atomic E-state index is 0.0371. The van der Waals surface area contributed by atoms with Gasteiger partial charge in [-0.05, 0) is 37.1 Å². The molecule has 0 spiro atoms. The highest BCUT2D eigenvalue weighted by Crippen LogP contribution is 2.33. The minimum atomic E-state index is -3.61. The molecule has 8 heteroatoms. The predicted molar refractivity (Wildman–Crippen MR) is 93.7 cm³/mol. The number of aromatic nitrogens is 2. The summed E-state index contributed by atoms with van der Waals surface area (Å²) in [4.78, 5) is 21.7. The van der Waals surface area contributed by atoms with Crippen LogP contribution < -0.4 is 9.62 Å². The van der Waals surface area contributed by atoms with E-state index < -0.39 is 10.0 Å². The highest BCUT2D eigenvalue weighted by molar-refractivity contribution is 7.89. The van der Waals surface area contributed by atoms with Gasteiger partial charge in [0.05, 0.1) is 10.6 Å². The van der Waals surface area contributed by atoms with Gasteiger partial charge in [0.25, 0.3) is 0 Å². The van der Waals surface area contributed by atoms with E-state index in [0.29, 0.717) is 12.8 Å². The molecule has 0 saturated carbocycles. The number of rotatable bonds is 5. The maximum atomic E-state index is 12.5. The third-order valence-corrected chi connectivity index (χ3v) is 5.66. The second kappa shape index (κ2) is 6.89. The molecule has 3 rings (SSSR count). The van der Waals surface area contributed by atoms with Gasteiger partial charge in [0.1, 0.15) is 0 Å². The van der Waals surface area contributed by atoms with Gasteiger partial charge in [-0.25, -0.2) is 13.1 Å². The van der Waals surface area contributed by atoms with Gasteiger partial charge in [-0.1, -0.05) is 0 Å². The lowest BCUT2D eigenvalue weighted by molar-refractivity contribution is -0.116. The molecule has 1 N–H and O–H groups in total. The molecule has 7 nitrogen and oxygen atoms in total. The van der Waals surface area contributed by atoms with Crippen molar-refractivity contribution in [1.29, 1.82) is 0 Å². The van der Waals surface area contributed by atoms with Crippen LogP contribution in [-0.4, -0.2) is 36.9 Å². The van der Waals surface area contributed by atoms with E-state index in [1.807, 2.05) is 6.92 Å². The fourth-order valence-electron chi connectivity index (χ4n) is 3.11. The van der Waals surface area contributed by atoms with Crippen molar-refractivity contribution in [3.05, 3.63) is 48.0 Å². The number of nitrogens with zero attached hydrogens (tertiary/aromatic N) is 3. The lowest BCUT2D eigenvalue weighted by Gasteiger charge is -2.20. The maximum absolute atomic E-state index is 12.5. The fourth-order valence-corrected chi connectivity index (χ4v) is 4.19. The Balaban J connectivity index is 1.73. The Morgan fingerprint density at radius 1 is 1.36 bits per heavy atom. The average Bonchev–Trinajstić information content (AvgIpc) is 2.90. The maximum Gasteiger partial charge on any atom is 0.240 e. The average molecular weight is 360 g/mol. The summed E-state index contributed by atoms with van der Waals surface area (Å²) in [6.45, 7) is 3.72. The highest BCUT2D eigenvalue weighted by atomic mass is 32.2. The summed E-state index contributed by atoms with van der Waals surface area (Å²) < 4.78 is 27.6. The van der Waals surface area contributed by atoms with E-state index in [9.17, 15) is 13.2 Å². The molecule has 1 aromatic heterocycles. The Kier molecular flexibility index (Phi) is 4.82. The molecule has 0 radical (unpaired) electrons. The van der Waals surface area contributed by atoms with Crippen LogP contribution in [-0.2, 0) is 27.7 Å². The molecule has 25 heavy (non-hydrogen) atoms. The minimum Gasteiger partial charge on any atom is -0.309 e. The van der Waals surface area contributed by atoms with Crippen LogP contribution in [0.2, 0.25) is 0 Å². The van der Waals surface area contributed by atoms with Gasteiger partial charge in [-0.3, -0.25) is 14.8 Å². The predicted octanol–water partition coefficient (Wildman–Crippen LogP) is 1.30. The summed E-state index contributed by atoms with van der Waals surface area (Å²) in [6.07, 6.45) is 5.88. The zero-order chi connectivity index (χ0) is 18.0. The summed E-state index contributed by atoms with van der Waals surface area (Å²) in [5, 5.41) is 0. The van der Waals surface area contributed by atoms with E-state index in [0.717, 1.165) is 16.9 Å². The van der Waals surface area contributed by atoms with Crippen LogP contribution in [0, 0.1) is 0 Å². The molecular weight excluding hydrogens is 340 g/mol. The number of hydrogen-bond donors (Lipinski definition) is 1. The molecule has 1 aromatic carbocycles. The third-order valence-electron chi connectivity index (χ3n) is 4.21. The van der Waals surface area contributed by atoms with Gasteiger partial charge in [-0.15, -0.1) is 0 Å². The molecule has 0 saturated heterocycles. The molecule has 132 valence electrons. The standard InChI is InChI=1S/C17H20N4O3S/c1-12-9-14-10-16(3-4-17(14)21(12)13(2)22)25(23,24)20-6-5-15-11-18-7-8-19-15/h3-4,7-8,10-12,20H,5-6,9H2,1-2H3/t12-/m1/s1. The molecular formula is C17H20N4O3S. The number of benzene rings is 1. The van der Waals surface area contributed by atoms with E-state index in [1.54, 1.807) is 35.6 Å². The first-order chi connectivity index (χ1) is 11.9. The molecule has 0 unspecified atom stereocenters. The van der Waals surface area contributed by atoms with E-state index >= 15 is 0 Å². The van der Waals surface area contributed by atoms with E-state index in [2.05, 4.69) is 14.7 Å². The van der Waals surface area contributed by atoms with Crippen molar-refractivity contribution in [1.82, 2.24) is 14.7 Å². The van der Waals surface area contributed by atoms with Crippen molar-refractivity contribution in [2.24, 2.45) is 0 Å². The summed E-state index contributed by atoms with van der Waals surface area (Å²) in [7, 11) is -3.61. The monoisotopic (exact) mass is 360 g/mol. The van der Waals surface area contributed by atoms with Gasteiger partial charge in [0.15, 0.2) is 0 Å². The second-order valence-corrected chi connectivity index (χ2v) is 7.84. The Hall–Kier alpha value is -2.32. The van der Waals surface area contributed by atoms with Crippen LogP contribution in [0.5, 0.6) is 0 Å². The number of hydrogen-bond acceptors (Lipinski definition) is 5. The number of sulfonamides is 1. The van der Waals surface area contributed by atoms with Crippen LogP contribution in [0.25, 0.3) is 0 Å². The van der Waals surface area contributed by atoms with Crippen molar-refractivity contribution < 1.29 is 13.2 Å². The summed E-state index contributed by atoms with van der Waals surface area (Å²) in [6, 6.07) is 4.93. The summed E-state index contributed by atoms with van der Waals surface area (Å²) >= 11 is 0. The topological polar surface area (TPSA) is 92.3 Å². The smallest absolute Gasteiger partial charge is 0.240 e. The van der Waals surface area contributed by atoms with Crippen LogP contribution in [0.1, 0.15) is 25.1 Å². The molecule has 0 bridgehead atoms. The largest absolute Gasteiger partial charge is 0.309 e. The number of anilines is 1. The van der Waals surface area contributed by atoms with E-state index in [4.69, 9.17) is 0 Å². The first-order valence-electron chi connectivity index (χ1n) is 8.06. The first kappa shape index (κ1) is 17.5. The third kappa shape index (κ3) is 3.69. The second-order valence-electron chi connectivity index (χ2n) is 6.08. The van der Waals surface area contributed by atoms with Crippen LogP contribution in [0.4, 0.5) is 5.69 Å². The molecule has 1 aliphatic rings. The zero-order valence-corrected chi connectivity index (χ0v) is 15.0. The molecule has 1 atom stereocenters. The Labute approximate surface area is 147 Å². The van der Waals surface area contributed by atoms with Gasteiger partial charge in [0, 0.05) is 50.2 Å². The van der Waals surface area contributed by atoms with Crippen LogP contribution >= 0.6 is 0 Å². The number of carbonyl (C=O) groups is 1. The van der Waals surface area contributed by atoms with Crippen LogP contribution in [0.3, 0.4) is 0 Å². The van der Waals surface area contributed by atoms with Crippen molar-refractivity contribution in [3.63, 3.8) is 0 Å². The van der Waals surface area contributed by atoms with Gasteiger partial charge >= 0.3 is 0 Å². The van der Waals surface area contributed by atoms with Crippen molar-refractivity contribution in [2.45, 2.75) is 37.6 Å². The SMILES string of the molecule is CC(=O)N1c2ccc(S(=O)(=O)NCCc3cnccn3)cc2C[C@H]1C. The summed E-state index contributed by atoms with van der Waals surface area (Å²) in [5.74, 6) is -0.0380. The van der Waals surface area contributed by atoms with Crippen molar-refractivity contribution >= 4 is 21.6 Å². The number of amides is 1. The van der Waals surface area contributed by atoms with E-state index in [1.165, 1.54) is 13.0 Å². The lowest BCUT2D eigenvalue weighted by Crippen LogP contribution is -2.33. The fraction of sp³-hybridized carbons (Fsp3) is 0.353. The van der Waals surface area contributed by atoms with Crippen molar-refractivity contribution in [3.8, 4) is 0 Å². The van der Waals surface area contributed by atoms with Crippen molar-refractivity contribution in [2.75, 3.05) is 11.4 Å². The Morgan fingerprint density at radius 2 is 2.16 bits per heavy atom. The molecule has 0 fully saturated rings. The zero-order valence-electron chi connectivity index (χ0n) is 14.1. The van der Waals surface area contributed by atoms with Crippen LogP contribution in [0.15, 0.2) is 41.7 Å². The Bertz CT molecular complexity index is 884. The lowest BCUT2D eigenvalue weighted by atomic mass is 10.1. The first-order valence-corrected chi connectivity index (χ1v) is 9.54. The van der Waals surface area contributed by atoms with E-state index in [-0.39, 0.29) is 23.4 Å². The number of nitrogens with one attached hydrogen (secondary N) is 1. The van der Waals surface area contributed by atoms with Gasteiger partial charge < -0.3 is 4.90 Å². The normalized spacial score (nSPS) is 16.7. The Morgan fingerprint density at radius 3 is 2.84 bits per heavy atom. The molecule has 0 aliphatic carbocycles. The quantitative estimate of drug-likeness (QED) is 0.867. The molecule has 1 amide bonds. The number of fused-ring (bicyclic) bond motifs is 1. The van der Waals surface area contributed by atoms with Gasteiger partial charge in [0.2, 0.25) is 15.9 Å². The molecule has 1 aliphatic heterocycles. The molecule has 2 aromatic rings. The molecule has 2 heterocycles. The highest BCUT2D eigenvalue weighted by Gasteiger charge is 2.30. The summed E-state index contributed by atoms with van der Waals surface area (Å²) in [5.41, 5.74) is 2.39.